The minimum absolute atomic E-state index is 0.0176. The zero-order chi connectivity index (χ0) is 20.1. The van der Waals surface area contributed by atoms with E-state index in [0.29, 0.717) is 15.6 Å². The van der Waals surface area contributed by atoms with Crippen LogP contribution in [0.3, 0.4) is 0 Å². The van der Waals surface area contributed by atoms with Crippen LogP contribution in [-0.2, 0) is 19.4 Å². The van der Waals surface area contributed by atoms with Gasteiger partial charge in [-0.1, -0.05) is 66.5 Å². The van der Waals surface area contributed by atoms with Gasteiger partial charge in [-0.15, -0.1) is 0 Å². The van der Waals surface area contributed by atoms with Crippen LogP contribution in [0.2, 0.25) is 0 Å². The van der Waals surface area contributed by atoms with Crippen molar-refractivity contribution in [2.45, 2.75) is 18.9 Å². The van der Waals surface area contributed by atoms with Crippen LogP contribution in [0.15, 0.2) is 47.4 Å². The van der Waals surface area contributed by atoms with E-state index in [-0.39, 0.29) is 42.3 Å². The number of thioether (sulfide) groups is 1. The standard InChI is InChI=1S/C19H20N2O4S3/c22-17(20-15-10-12-28(24,25)13-15)9-11-21-18(23)16(27-19(21)26)8-4-7-14-5-2-1-3-6-14/h1-8,15H,9-13H2,(H,20,22)/b7-4+,16-8-/t15-/m0/s1. The third kappa shape index (κ3) is 5.52. The molecular weight excluding hydrogens is 416 g/mol. The number of nitrogens with one attached hydrogen (secondary N) is 1. The minimum Gasteiger partial charge on any atom is -0.352 e. The molecule has 1 N–H and O–H groups in total. The van der Waals surface area contributed by atoms with Crippen LogP contribution in [0, 0.1) is 0 Å². The number of allylic oxidation sites excluding steroid dienone is 2. The van der Waals surface area contributed by atoms with Crippen molar-refractivity contribution in [1.82, 2.24) is 10.2 Å². The molecular formula is C19H20N2O4S3. The second kappa shape index (κ2) is 9.02. The number of sulfone groups is 1. The Morgan fingerprint density at radius 3 is 2.75 bits per heavy atom. The molecule has 2 fully saturated rings. The van der Waals surface area contributed by atoms with E-state index in [4.69, 9.17) is 12.2 Å². The van der Waals surface area contributed by atoms with Gasteiger partial charge in [-0.25, -0.2) is 8.42 Å². The predicted octanol–water partition coefficient (Wildman–Crippen LogP) is 2.14. The summed E-state index contributed by atoms with van der Waals surface area (Å²) in [6, 6.07) is 9.39. The maximum Gasteiger partial charge on any atom is 0.266 e. The third-order valence-corrected chi connectivity index (χ3v) is 7.53. The molecule has 2 aliphatic heterocycles. The van der Waals surface area contributed by atoms with Crippen molar-refractivity contribution in [1.29, 1.82) is 0 Å². The van der Waals surface area contributed by atoms with Crippen LogP contribution in [0.4, 0.5) is 0 Å². The molecule has 28 heavy (non-hydrogen) atoms. The van der Waals surface area contributed by atoms with Crippen molar-refractivity contribution in [3.8, 4) is 0 Å². The van der Waals surface area contributed by atoms with E-state index in [2.05, 4.69) is 5.32 Å². The lowest BCUT2D eigenvalue weighted by atomic mass is 10.2. The average Bonchev–Trinajstić information content (AvgIpc) is 3.12. The highest BCUT2D eigenvalue weighted by Crippen LogP contribution is 2.31. The molecule has 3 rings (SSSR count). The summed E-state index contributed by atoms with van der Waals surface area (Å²) in [5.74, 6) is -0.405. The van der Waals surface area contributed by atoms with Gasteiger partial charge in [-0.3, -0.25) is 14.5 Å². The lowest BCUT2D eigenvalue weighted by Crippen LogP contribution is -2.38. The molecule has 1 aromatic rings. The highest BCUT2D eigenvalue weighted by Gasteiger charge is 2.32. The van der Waals surface area contributed by atoms with Crippen molar-refractivity contribution in [2.75, 3.05) is 18.1 Å². The van der Waals surface area contributed by atoms with Gasteiger partial charge in [-0.2, -0.15) is 0 Å². The number of carbonyl (C=O) groups is 2. The van der Waals surface area contributed by atoms with E-state index < -0.39 is 9.84 Å². The van der Waals surface area contributed by atoms with Crippen molar-refractivity contribution in [2.24, 2.45) is 0 Å². The van der Waals surface area contributed by atoms with E-state index in [1.54, 1.807) is 12.2 Å². The Kier molecular flexibility index (Phi) is 6.69. The van der Waals surface area contributed by atoms with Gasteiger partial charge in [-0.05, 0) is 18.1 Å². The highest BCUT2D eigenvalue weighted by atomic mass is 32.2. The zero-order valence-electron chi connectivity index (χ0n) is 15.0. The van der Waals surface area contributed by atoms with Gasteiger partial charge in [0.1, 0.15) is 4.32 Å². The maximum absolute atomic E-state index is 12.5. The second-order valence-electron chi connectivity index (χ2n) is 6.54. The first kappa shape index (κ1) is 20.8. The molecule has 0 aliphatic carbocycles. The van der Waals surface area contributed by atoms with E-state index in [0.717, 1.165) is 5.56 Å². The van der Waals surface area contributed by atoms with Gasteiger partial charge >= 0.3 is 0 Å². The van der Waals surface area contributed by atoms with Crippen molar-refractivity contribution in [3.05, 3.63) is 53.0 Å². The molecule has 0 saturated carbocycles. The molecule has 1 atom stereocenters. The van der Waals surface area contributed by atoms with E-state index in [1.807, 2.05) is 36.4 Å². The van der Waals surface area contributed by atoms with Crippen LogP contribution in [0.1, 0.15) is 18.4 Å². The lowest BCUT2D eigenvalue weighted by molar-refractivity contribution is -0.124. The van der Waals surface area contributed by atoms with Crippen molar-refractivity contribution in [3.63, 3.8) is 0 Å². The number of rotatable bonds is 6. The Morgan fingerprint density at radius 1 is 1.32 bits per heavy atom. The molecule has 9 heteroatoms. The Morgan fingerprint density at radius 2 is 2.07 bits per heavy atom. The first-order valence-corrected chi connectivity index (χ1v) is 11.9. The van der Waals surface area contributed by atoms with Gasteiger partial charge in [0.2, 0.25) is 5.91 Å². The molecule has 0 aromatic heterocycles. The summed E-state index contributed by atoms with van der Waals surface area (Å²) in [6.45, 7) is 0.176. The molecule has 0 spiro atoms. The Hall–Kier alpha value is -1.97. The minimum atomic E-state index is -3.04. The van der Waals surface area contributed by atoms with Gasteiger partial charge in [0.25, 0.3) is 5.91 Å². The van der Waals surface area contributed by atoms with Crippen LogP contribution >= 0.6 is 24.0 Å². The first-order valence-electron chi connectivity index (χ1n) is 8.81. The largest absolute Gasteiger partial charge is 0.352 e. The van der Waals surface area contributed by atoms with E-state index in [9.17, 15) is 18.0 Å². The molecule has 6 nitrogen and oxygen atoms in total. The van der Waals surface area contributed by atoms with Gasteiger partial charge in [0, 0.05) is 19.0 Å². The number of benzene rings is 1. The summed E-state index contributed by atoms with van der Waals surface area (Å²) in [5, 5.41) is 2.72. The monoisotopic (exact) mass is 436 g/mol. The SMILES string of the molecule is O=C(CCN1C(=O)/C(=C/C=C/c2ccccc2)SC1=S)N[C@H]1CCS(=O)(=O)C1. The molecule has 2 saturated heterocycles. The maximum atomic E-state index is 12.5. The molecule has 0 radical (unpaired) electrons. The van der Waals surface area contributed by atoms with Crippen LogP contribution in [0.5, 0.6) is 0 Å². The normalized spacial score (nSPS) is 23.1. The topological polar surface area (TPSA) is 83.6 Å². The first-order chi connectivity index (χ1) is 13.3. The smallest absolute Gasteiger partial charge is 0.266 e. The van der Waals surface area contributed by atoms with Gasteiger partial charge in [0.05, 0.1) is 16.4 Å². The van der Waals surface area contributed by atoms with Crippen molar-refractivity contribution >= 4 is 56.0 Å². The highest BCUT2D eigenvalue weighted by molar-refractivity contribution is 8.26. The Bertz CT molecular complexity index is 939. The van der Waals surface area contributed by atoms with Gasteiger partial charge in [0.15, 0.2) is 9.84 Å². The molecule has 0 bridgehead atoms. The number of nitrogens with zero attached hydrogens (tertiary/aromatic N) is 1. The molecule has 148 valence electrons. The van der Waals surface area contributed by atoms with Crippen LogP contribution < -0.4 is 5.32 Å². The quantitative estimate of drug-likeness (QED) is 0.543. The summed E-state index contributed by atoms with van der Waals surface area (Å²) < 4.78 is 23.3. The molecule has 1 aromatic carbocycles. The number of amides is 2. The summed E-state index contributed by atoms with van der Waals surface area (Å²) in [5.41, 5.74) is 1.03. The summed E-state index contributed by atoms with van der Waals surface area (Å²) in [6.07, 6.45) is 5.93. The molecule has 0 unspecified atom stereocenters. The Balaban J connectivity index is 1.51. The second-order valence-corrected chi connectivity index (χ2v) is 10.4. The number of carbonyl (C=O) groups excluding carboxylic acids is 2. The van der Waals surface area contributed by atoms with Crippen LogP contribution in [-0.4, -0.2) is 53.5 Å². The lowest BCUT2D eigenvalue weighted by Gasteiger charge is -2.15. The summed E-state index contributed by atoms with van der Waals surface area (Å²) >= 11 is 6.46. The fourth-order valence-electron chi connectivity index (χ4n) is 2.94. The summed E-state index contributed by atoms with van der Waals surface area (Å²) in [7, 11) is -3.04. The number of hydrogen-bond acceptors (Lipinski definition) is 6. The van der Waals surface area contributed by atoms with E-state index >= 15 is 0 Å². The average molecular weight is 437 g/mol. The molecule has 2 heterocycles. The fourth-order valence-corrected chi connectivity index (χ4v) is 5.87. The Labute approximate surface area is 174 Å². The van der Waals surface area contributed by atoms with E-state index in [1.165, 1.54) is 16.7 Å². The number of thiocarbonyl (C=S) groups is 1. The molecule has 2 aliphatic rings. The van der Waals surface area contributed by atoms with Crippen molar-refractivity contribution < 1.29 is 18.0 Å². The van der Waals surface area contributed by atoms with Crippen LogP contribution in [0.25, 0.3) is 6.08 Å². The zero-order valence-corrected chi connectivity index (χ0v) is 17.5. The number of hydrogen-bond donors (Lipinski definition) is 1. The third-order valence-electron chi connectivity index (χ3n) is 4.37. The molecule has 2 amide bonds. The van der Waals surface area contributed by atoms with Gasteiger partial charge < -0.3 is 5.32 Å². The fraction of sp³-hybridized carbons (Fsp3) is 0.316. The predicted molar refractivity (Wildman–Crippen MR) is 115 cm³/mol. The summed E-state index contributed by atoms with van der Waals surface area (Å²) in [4.78, 5) is 26.5.